The van der Waals surface area contributed by atoms with Crippen LogP contribution in [0.15, 0.2) is 17.5 Å². The van der Waals surface area contributed by atoms with Gasteiger partial charge in [-0.25, -0.2) is 0 Å². The van der Waals surface area contributed by atoms with Crippen molar-refractivity contribution in [2.24, 2.45) is 11.8 Å². The lowest BCUT2D eigenvalue weighted by Gasteiger charge is -2.31. The minimum Gasteiger partial charge on any atom is -0.338 e. The van der Waals surface area contributed by atoms with Crippen LogP contribution < -0.4 is 0 Å². The Kier molecular flexibility index (Phi) is 2.51. The number of hydrogen-bond donors (Lipinski definition) is 0. The molecule has 0 saturated heterocycles. The van der Waals surface area contributed by atoms with Crippen molar-refractivity contribution in [3.05, 3.63) is 22.4 Å². The minimum absolute atomic E-state index is 0.215. The van der Waals surface area contributed by atoms with Gasteiger partial charge in [-0.3, -0.25) is 4.79 Å². The largest absolute Gasteiger partial charge is 0.338 e. The van der Waals surface area contributed by atoms with E-state index in [0.29, 0.717) is 6.04 Å². The second-order valence-corrected chi connectivity index (χ2v) is 6.08. The first-order valence-corrected chi connectivity index (χ1v) is 6.94. The molecular formula is C13H17NOS. The molecule has 2 bridgehead atoms. The molecule has 1 heterocycles. The predicted molar refractivity (Wildman–Crippen MR) is 65.6 cm³/mol. The summed E-state index contributed by atoms with van der Waals surface area (Å²) in [5.41, 5.74) is 0. The lowest BCUT2D eigenvalue weighted by molar-refractivity contribution is 0.0682. The van der Waals surface area contributed by atoms with Gasteiger partial charge in [0.05, 0.1) is 4.88 Å². The van der Waals surface area contributed by atoms with Gasteiger partial charge >= 0.3 is 0 Å². The lowest BCUT2D eigenvalue weighted by atomic mass is 9.94. The zero-order valence-electron chi connectivity index (χ0n) is 9.56. The average Bonchev–Trinajstić information content (AvgIpc) is 3.02. The van der Waals surface area contributed by atoms with Crippen molar-refractivity contribution in [1.29, 1.82) is 0 Å². The Labute approximate surface area is 100 Å². The summed E-state index contributed by atoms with van der Waals surface area (Å²) in [7, 11) is 1.98. The highest BCUT2D eigenvalue weighted by Gasteiger charge is 2.42. The maximum absolute atomic E-state index is 12.2. The van der Waals surface area contributed by atoms with Crippen molar-refractivity contribution in [2.75, 3.05) is 7.05 Å². The first-order valence-electron chi connectivity index (χ1n) is 6.06. The molecule has 2 aliphatic rings. The van der Waals surface area contributed by atoms with Crippen molar-refractivity contribution in [1.82, 2.24) is 4.90 Å². The summed E-state index contributed by atoms with van der Waals surface area (Å²) in [5.74, 6) is 1.89. The molecule has 2 nitrogen and oxygen atoms in total. The SMILES string of the molecule is CN(C(=O)c1cccs1)[C@@H]1C[C@@H]2CC[C@H]1C2. The van der Waals surface area contributed by atoms with Crippen molar-refractivity contribution in [3.63, 3.8) is 0 Å². The highest BCUT2D eigenvalue weighted by atomic mass is 32.1. The van der Waals surface area contributed by atoms with Gasteiger partial charge in [0, 0.05) is 13.1 Å². The summed E-state index contributed by atoms with van der Waals surface area (Å²) >= 11 is 1.55. The zero-order chi connectivity index (χ0) is 11.1. The van der Waals surface area contributed by atoms with Crippen molar-refractivity contribution in [2.45, 2.75) is 31.7 Å². The Morgan fingerprint density at radius 3 is 2.88 bits per heavy atom. The highest BCUT2D eigenvalue weighted by Crippen LogP contribution is 2.46. The zero-order valence-corrected chi connectivity index (χ0v) is 10.4. The molecule has 0 N–H and O–H groups in total. The van der Waals surface area contributed by atoms with Crippen LogP contribution in [0.25, 0.3) is 0 Å². The van der Waals surface area contributed by atoms with E-state index in [9.17, 15) is 4.79 Å². The van der Waals surface area contributed by atoms with Gasteiger partial charge in [-0.2, -0.15) is 0 Å². The maximum atomic E-state index is 12.2. The Morgan fingerprint density at radius 2 is 2.31 bits per heavy atom. The fourth-order valence-electron chi connectivity index (χ4n) is 3.41. The number of thiophene rings is 1. The summed E-state index contributed by atoms with van der Waals surface area (Å²) in [5, 5.41) is 1.97. The molecule has 0 aromatic carbocycles. The summed E-state index contributed by atoms with van der Waals surface area (Å²) in [6, 6.07) is 4.39. The summed E-state index contributed by atoms with van der Waals surface area (Å²) < 4.78 is 0. The fraction of sp³-hybridized carbons (Fsp3) is 0.615. The first-order chi connectivity index (χ1) is 7.75. The highest BCUT2D eigenvalue weighted by molar-refractivity contribution is 7.12. The molecule has 3 heteroatoms. The lowest BCUT2D eigenvalue weighted by Crippen LogP contribution is -2.40. The number of fused-ring (bicyclic) bond motifs is 2. The number of amides is 1. The van der Waals surface area contributed by atoms with E-state index in [1.165, 1.54) is 25.7 Å². The third-order valence-electron chi connectivity index (χ3n) is 4.25. The quantitative estimate of drug-likeness (QED) is 0.771. The molecule has 2 saturated carbocycles. The van der Waals surface area contributed by atoms with E-state index in [1.807, 2.05) is 29.5 Å². The number of nitrogens with zero attached hydrogens (tertiary/aromatic N) is 1. The molecule has 0 aliphatic heterocycles. The molecule has 0 spiro atoms. The Morgan fingerprint density at radius 1 is 1.44 bits per heavy atom. The van der Waals surface area contributed by atoms with E-state index in [1.54, 1.807) is 11.3 Å². The first kappa shape index (κ1) is 10.3. The van der Waals surface area contributed by atoms with E-state index >= 15 is 0 Å². The molecule has 1 aromatic heterocycles. The predicted octanol–water partition coefficient (Wildman–Crippen LogP) is 3.01. The molecule has 3 rings (SSSR count). The topological polar surface area (TPSA) is 20.3 Å². The third kappa shape index (κ3) is 1.58. The number of hydrogen-bond acceptors (Lipinski definition) is 2. The van der Waals surface area contributed by atoms with Gasteiger partial charge in [0.15, 0.2) is 0 Å². The van der Waals surface area contributed by atoms with Crippen LogP contribution in [0, 0.1) is 11.8 Å². The molecule has 1 aromatic rings. The van der Waals surface area contributed by atoms with Crippen LogP contribution in [-0.2, 0) is 0 Å². The Bertz CT molecular complexity index is 387. The van der Waals surface area contributed by atoms with E-state index in [-0.39, 0.29) is 5.91 Å². The van der Waals surface area contributed by atoms with E-state index in [2.05, 4.69) is 0 Å². The van der Waals surface area contributed by atoms with Gasteiger partial charge in [0.2, 0.25) is 0 Å². The molecule has 2 aliphatic carbocycles. The molecule has 1 amide bonds. The van der Waals surface area contributed by atoms with Gasteiger partial charge in [-0.05, 0) is 42.5 Å². The fourth-order valence-corrected chi connectivity index (χ4v) is 4.12. The second kappa shape index (κ2) is 3.88. The average molecular weight is 235 g/mol. The molecule has 3 atom stereocenters. The van der Waals surface area contributed by atoms with E-state index in [0.717, 1.165) is 16.7 Å². The molecule has 86 valence electrons. The smallest absolute Gasteiger partial charge is 0.263 e. The number of carbonyl (C=O) groups is 1. The molecule has 2 fully saturated rings. The molecular weight excluding hydrogens is 218 g/mol. The van der Waals surface area contributed by atoms with Crippen LogP contribution in [0.4, 0.5) is 0 Å². The summed E-state index contributed by atoms with van der Waals surface area (Å²) in [4.78, 5) is 15.1. The summed E-state index contributed by atoms with van der Waals surface area (Å²) in [6.07, 6.45) is 5.31. The number of rotatable bonds is 2. The van der Waals surface area contributed by atoms with Crippen molar-refractivity contribution < 1.29 is 4.79 Å². The van der Waals surface area contributed by atoms with Crippen LogP contribution in [-0.4, -0.2) is 23.9 Å². The van der Waals surface area contributed by atoms with Gasteiger partial charge in [0.25, 0.3) is 5.91 Å². The van der Waals surface area contributed by atoms with Crippen LogP contribution in [0.1, 0.15) is 35.4 Å². The van der Waals surface area contributed by atoms with Crippen molar-refractivity contribution in [3.8, 4) is 0 Å². The third-order valence-corrected chi connectivity index (χ3v) is 5.11. The monoisotopic (exact) mass is 235 g/mol. The molecule has 0 radical (unpaired) electrons. The van der Waals surface area contributed by atoms with Crippen LogP contribution in [0.3, 0.4) is 0 Å². The Balaban J connectivity index is 1.74. The molecule has 0 unspecified atom stereocenters. The van der Waals surface area contributed by atoms with Gasteiger partial charge < -0.3 is 4.90 Å². The van der Waals surface area contributed by atoms with Crippen LogP contribution in [0.5, 0.6) is 0 Å². The summed E-state index contributed by atoms with van der Waals surface area (Å²) in [6.45, 7) is 0. The van der Waals surface area contributed by atoms with E-state index < -0.39 is 0 Å². The Hall–Kier alpha value is -0.830. The second-order valence-electron chi connectivity index (χ2n) is 5.14. The van der Waals surface area contributed by atoms with Gasteiger partial charge in [0.1, 0.15) is 0 Å². The van der Waals surface area contributed by atoms with Crippen LogP contribution >= 0.6 is 11.3 Å². The number of carbonyl (C=O) groups excluding carboxylic acids is 1. The standard InChI is InChI=1S/C13H17NOS/c1-14(13(15)12-3-2-6-16-12)11-8-9-4-5-10(11)7-9/h2-3,6,9-11H,4-5,7-8H2,1H3/t9-,10+,11-/m1/s1. The normalized spacial score (nSPS) is 31.9. The van der Waals surface area contributed by atoms with Gasteiger partial charge in [-0.1, -0.05) is 12.5 Å². The van der Waals surface area contributed by atoms with E-state index in [4.69, 9.17) is 0 Å². The van der Waals surface area contributed by atoms with Crippen molar-refractivity contribution >= 4 is 17.2 Å². The van der Waals surface area contributed by atoms with Gasteiger partial charge in [-0.15, -0.1) is 11.3 Å². The maximum Gasteiger partial charge on any atom is 0.263 e. The minimum atomic E-state index is 0.215. The molecule has 16 heavy (non-hydrogen) atoms. The van der Waals surface area contributed by atoms with Crippen LogP contribution in [0.2, 0.25) is 0 Å².